The lowest BCUT2D eigenvalue weighted by Crippen LogP contribution is -2.26. The second kappa shape index (κ2) is 5.24. The van der Waals surface area contributed by atoms with Gasteiger partial charge in [0.25, 0.3) is 0 Å². The molecule has 7 heteroatoms. The van der Waals surface area contributed by atoms with Gasteiger partial charge in [-0.15, -0.1) is 0 Å². The summed E-state index contributed by atoms with van der Waals surface area (Å²) in [7, 11) is 0. The normalized spacial score (nSPS) is 18.9. The van der Waals surface area contributed by atoms with Gasteiger partial charge < -0.3 is 16.1 Å². The molecule has 1 atom stereocenters. The van der Waals surface area contributed by atoms with Crippen LogP contribution in [0.3, 0.4) is 0 Å². The molecule has 0 aliphatic carbocycles. The molecule has 0 bridgehead atoms. The molecular weight excluding hydrogens is 256 g/mol. The number of hydrogen-bond acceptors (Lipinski definition) is 6. The van der Waals surface area contributed by atoms with E-state index in [4.69, 9.17) is 5.84 Å². The molecule has 0 saturated carbocycles. The van der Waals surface area contributed by atoms with Crippen molar-refractivity contribution in [2.45, 2.75) is 45.6 Å². The largest absolute Gasteiger partial charge is 0.365 e. The summed E-state index contributed by atoms with van der Waals surface area (Å²) in [6, 6.07) is 0.0505. The van der Waals surface area contributed by atoms with E-state index in [1.54, 1.807) is 0 Å². The Labute approximate surface area is 118 Å². The van der Waals surface area contributed by atoms with Crippen LogP contribution in [0.5, 0.6) is 0 Å². The molecule has 7 nitrogen and oxygen atoms in total. The quantitative estimate of drug-likeness (QED) is 0.478. The van der Waals surface area contributed by atoms with Gasteiger partial charge in [0.05, 0.1) is 6.04 Å². The van der Waals surface area contributed by atoms with Gasteiger partial charge in [-0.05, 0) is 6.92 Å². The third-order valence-electron chi connectivity index (χ3n) is 3.27. The van der Waals surface area contributed by atoms with Crippen LogP contribution in [0.4, 0.5) is 11.6 Å². The number of nitrogens with zero attached hydrogens (tertiary/aromatic N) is 2. The standard InChI is InChI=1S/C13H22N6O/c1-7-10(16-8-5-9(20)15-6-8)17-12(13(2,3)4)18-11(7)19-14/h8H,5-6,14H2,1-4H3,(H,15,20)(H2,16,17,18,19). The average Bonchev–Trinajstić information content (AvgIpc) is 2.76. The number of carbonyl (C=O) groups excluding carboxylic acids is 1. The van der Waals surface area contributed by atoms with E-state index in [-0.39, 0.29) is 17.4 Å². The smallest absolute Gasteiger partial charge is 0.222 e. The van der Waals surface area contributed by atoms with Gasteiger partial charge in [-0.1, -0.05) is 20.8 Å². The molecular formula is C13H22N6O. The summed E-state index contributed by atoms with van der Waals surface area (Å²) in [5.41, 5.74) is 3.27. The molecule has 1 saturated heterocycles. The van der Waals surface area contributed by atoms with Crippen LogP contribution in [0.15, 0.2) is 0 Å². The summed E-state index contributed by atoms with van der Waals surface area (Å²) in [4.78, 5) is 20.3. The number of hydrazine groups is 1. The lowest BCUT2D eigenvalue weighted by Gasteiger charge is -2.22. The minimum atomic E-state index is -0.181. The van der Waals surface area contributed by atoms with Crippen molar-refractivity contribution in [3.63, 3.8) is 0 Å². The van der Waals surface area contributed by atoms with Crippen molar-refractivity contribution in [3.8, 4) is 0 Å². The summed E-state index contributed by atoms with van der Waals surface area (Å²) in [6.45, 7) is 8.64. The first-order chi connectivity index (χ1) is 9.31. The molecule has 1 fully saturated rings. The maximum atomic E-state index is 11.3. The molecule has 1 unspecified atom stereocenters. The molecule has 1 aromatic rings. The number of nitrogen functional groups attached to an aromatic ring is 1. The molecule has 1 aliphatic rings. The highest BCUT2D eigenvalue weighted by molar-refractivity contribution is 5.79. The van der Waals surface area contributed by atoms with E-state index in [1.165, 1.54) is 0 Å². The Morgan fingerprint density at radius 3 is 2.45 bits per heavy atom. The highest BCUT2D eigenvalue weighted by Crippen LogP contribution is 2.26. The van der Waals surface area contributed by atoms with Crippen molar-refractivity contribution in [2.75, 3.05) is 17.3 Å². The van der Waals surface area contributed by atoms with Crippen LogP contribution in [0.25, 0.3) is 0 Å². The minimum Gasteiger partial charge on any atom is -0.365 e. The van der Waals surface area contributed by atoms with Crippen LogP contribution < -0.4 is 21.9 Å². The Kier molecular flexibility index (Phi) is 3.80. The Balaban J connectivity index is 2.33. The molecule has 20 heavy (non-hydrogen) atoms. The number of carbonyl (C=O) groups is 1. The number of nitrogens with one attached hydrogen (secondary N) is 3. The molecule has 1 aromatic heterocycles. The van der Waals surface area contributed by atoms with Crippen molar-refractivity contribution < 1.29 is 4.79 Å². The lowest BCUT2D eigenvalue weighted by molar-refractivity contribution is -0.119. The van der Waals surface area contributed by atoms with Crippen molar-refractivity contribution >= 4 is 17.5 Å². The Bertz CT molecular complexity index is 522. The summed E-state index contributed by atoms with van der Waals surface area (Å²) in [5, 5.41) is 6.09. The van der Waals surface area contributed by atoms with E-state index < -0.39 is 0 Å². The summed E-state index contributed by atoms with van der Waals surface area (Å²) in [5.74, 6) is 7.61. The number of nitrogens with two attached hydrogens (primary N) is 1. The molecule has 0 radical (unpaired) electrons. The van der Waals surface area contributed by atoms with Crippen LogP contribution >= 0.6 is 0 Å². The topological polar surface area (TPSA) is 105 Å². The highest BCUT2D eigenvalue weighted by Gasteiger charge is 2.25. The van der Waals surface area contributed by atoms with Gasteiger partial charge in [-0.2, -0.15) is 0 Å². The van der Waals surface area contributed by atoms with Crippen molar-refractivity contribution in [1.29, 1.82) is 0 Å². The van der Waals surface area contributed by atoms with Gasteiger partial charge in [0, 0.05) is 23.9 Å². The van der Waals surface area contributed by atoms with Gasteiger partial charge in [-0.25, -0.2) is 15.8 Å². The molecule has 1 aliphatic heterocycles. The maximum absolute atomic E-state index is 11.3. The summed E-state index contributed by atoms with van der Waals surface area (Å²) >= 11 is 0. The van der Waals surface area contributed by atoms with Crippen LogP contribution in [0.1, 0.15) is 38.6 Å². The minimum absolute atomic E-state index is 0.0505. The molecule has 110 valence electrons. The Hall–Kier alpha value is -1.89. The molecule has 0 spiro atoms. The summed E-state index contributed by atoms with van der Waals surface area (Å²) in [6.07, 6.45) is 0.458. The number of rotatable bonds is 3. The van der Waals surface area contributed by atoms with Crippen LogP contribution in [0.2, 0.25) is 0 Å². The van der Waals surface area contributed by atoms with Gasteiger partial charge in [0.1, 0.15) is 17.5 Å². The Morgan fingerprint density at radius 2 is 1.95 bits per heavy atom. The maximum Gasteiger partial charge on any atom is 0.222 e. The fourth-order valence-electron chi connectivity index (χ4n) is 2.03. The van der Waals surface area contributed by atoms with Gasteiger partial charge in [0.2, 0.25) is 5.91 Å². The van der Waals surface area contributed by atoms with Gasteiger partial charge >= 0.3 is 0 Å². The van der Waals surface area contributed by atoms with E-state index in [2.05, 4.69) is 26.0 Å². The van der Waals surface area contributed by atoms with Crippen molar-refractivity contribution in [1.82, 2.24) is 15.3 Å². The average molecular weight is 278 g/mol. The fraction of sp³-hybridized carbons (Fsp3) is 0.615. The van der Waals surface area contributed by atoms with E-state index in [0.717, 1.165) is 11.4 Å². The zero-order chi connectivity index (χ0) is 14.9. The molecule has 2 rings (SSSR count). The van der Waals surface area contributed by atoms with Gasteiger partial charge in [0.15, 0.2) is 0 Å². The predicted molar refractivity (Wildman–Crippen MR) is 78.3 cm³/mol. The van der Waals surface area contributed by atoms with E-state index in [9.17, 15) is 4.79 Å². The highest BCUT2D eigenvalue weighted by atomic mass is 16.1. The second-order valence-electron chi connectivity index (χ2n) is 6.11. The zero-order valence-electron chi connectivity index (χ0n) is 12.4. The summed E-state index contributed by atoms with van der Waals surface area (Å²) < 4.78 is 0. The SMILES string of the molecule is Cc1c(NN)nc(C(C)(C)C)nc1NC1CNC(=O)C1. The lowest BCUT2D eigenvalue weighted by atomic mass is 9.95. The first-order valence-corrected chi connectivity index (χ1v) is 6.70. The van der Waals surface area contributed by atoms with Crippen LogP contribution in [-0.2, 0) is 10.2 Å². The van der Waals surface area contributed by atoms with Crippen LogP contribution in [0, 0.1) is 6.92 Å². The predicted octanol–water partition coefficient (Wildman–Crippen LogP) is 0.669. The monoisotopic (exact) mass is 278 g/mol. The van der Waals surface area contributed by atoms with E-state index in [0.29, 0.717) is 24.6 Å². The fourth-order valence-corrected chi connectivity index (χ4v) is 2.03. The first kappa shape index (κ1) is 14.5. The number of amides is 1. The molecule has 5 N–H and O–H groups in total. The number of aromatic nitrogens is 2. The third-order valence-corrected chi connectivity index (χ3v) is 3.27. The molecule has 2 heterocycles. The van der Waals surface area contributed by atoms with E-state index in [1.807, 2.05) is 27.7 Å². The zero-order valence-corrected chi connectivity index (χ0v) is 12.4. The second-order valence-corrected chi connectivity index (χ2v) is 6.11. The van der Waals surface area contributed by atoms with Crippen LogP contribution in [-0.4, -0.2) is 28.5 Å². The third kappa shape index (κ3) is 2.98. The Morgan fingerprint density at radius 1 is 1.30 bits per heavy atom. The van der Waals surface area contributed by atoms with E-state index >= 15 is 0 Å². The molecule has 1 amide bonds. The number of hydrogen-bond donors (Lipinski definition) is 4. The first-order valence-electron chi connectivity index (χ1n) is 6.70. The molecule has 0 aromatic carbocycles. The van der Waals surface area contributed by atoms with Crippen molar-refractivity contribution in [3.05, 3.63) is 11.4 Å². The van der Waals surface area contributed by atoms with Gasteiger partial charge in [-0.3, -0.25) is 4.79 Å². The number of anilines is 2. The van der Waals surface area contributed by atoms with Crippen molar-refractivity contribution in [2.24, 2.45) is 5.84 Å².